The monoisotopic (exact) mass is 317 g/mol. The number of nitrogens with zero attached hydrogens (tertiary/aromatic N) is 2. The van der Waals surface area contributed by atoms with Gasteiger partial charge in [0.05, 0.1) is 6.54 Å². The molecule has 0 radical (unpaired) electrons. The first-order valence-corrected chi connectivity index (χ1v) is 7.67. The number of hydrogen-bond acceptors (Lipinski definition) is 4. The second kappa shape index (κ2) is 6.27. The third-order valence-electron chi connectivity index (χ3n) is 2.95. The summed E-state index contributed by atoms with van der Waals surface area (Å²) in [4.78, 5) is 22.3. The first-order valence-electron chi connectivity index (χ1n) is 6.23. The van der Waals surface area contributed by atoms with Gasteiger partial charge in [-0.1, -0.05) is 0 Å². The van der Waals surface area contributed by atoms with Crippen molar-refractivity contribution in [3.05, 3.63) is 18.0 Å². The Morgan fingerprint density at radius 1 is 1.43 bits per heavy atom. The molecule has 8 nitrogen and oxygen atoms in total. The number of hydrogen-bond donors (Lipinski definition) is 2. The van der Waals surface area contributed by atoms with Crippen molar-refractivity contribution in [2.45, 2.75) is 24.8 Å². The molecule has 1 rings (SSSR count). The fourth-order valence-corrected chi connectivity index (χ4v) is 2.89. The fraction of sp³-hybridized carbons (Fsp3) is 0.500. The van der Waals surface area contributed by atoms with Gasteiger partial charge in [0.1, 0.15) is 10.6 Å². The van der Waals surface area contributed by atoms with Gasteiger partial charge >= 0.3 is 5.97 Å². The molecule has 0 fully saturated rings. The molecular formula is C12H19N3O5S. The Balaban J connectivity index is 3.23. The molecule has 0 atom stereocenters. The van der Waals surface area contributed by atoms with Gasteiger partial charge in [-0.3, -0.25) is 4.79 Å². The number of amides is 1. The molecule has 1 aromatic rings. The first-order chi connectivity index (χ1) is 9.61. The molecule has 118 valence electrons. The number of aromatic nitrogens is 1. The van der Waals surface area contributed by atoms with E-state index in [9.17, 15) is 18.0 Å². The number of rotatable bonds is 6. The maximum absolute atomic E-state index is 12.3. The molecule has 0 saturated carbocycles. The Morgan fingerprint density at radius 2 is 2.00 bits per heavy atom. The molecule has 21 heavy (non-hydrogen) atoms. The van der Waals surface area contributed by atoms with Crippen LogP contribution in [0.1, 0.15) is 30.4 Å². The smallest absolute Gasteiger partial charge is 0.352 e. The van der Waals surface area contributed by atoms with Gasteiger partial charge in [0.2, 0.25) is 15.9 Å². The van der Waals surface area contributed by atoms with E-state index in [1.54, 1.807) is 13.8 Å². The van der Waals surface area contributed by atoms with Crippen molar-refractivity contribution in [3.8, 4) is 0 Å². The van der Waals surface area contributed by atoms with Crippen LogP contribution in [0.15, 0.2) is 17.2 Å². The highest BCUT2D eigenvalue weighted by atomic mass is 32.2. The summed E-state index contributed by atoms with van der Waals surface area (Å²) >= 11 is 0. The highest BCUT2D eigenvalue weighted by Crippen LogP contribution is 2.21. The maximum atomic E-state index is 12.3. The van der Waals surface area contributed by atoms with Crippen molar-refractivity contribution in [2.24, 2.45) is 0 Å². The SMILES string of the molecule is CNC(=O)CN(C)S(=O)(=O)c1cc(C(=O)O)n(C(C)C)c1. The highest BCUT2D eigenvalue weighted by molar-refractivity contribution is 7.89. The van der Waals surface area contributed by atoms with Crippen LogP contribution in [0.25, 0.3) is 0 Å². The van der Waals surface area contributed by atoms with E-state index in [0.29, 0.717) is 0 Å². The van der Waals surface area contributed by atoms with E-state index in [1.807, 2.05) is 0 Å². The molecular weight excluding hydrogens is 298 g/mol. The summed E-state index contributed by atoms with van der Waals surface area (Å²) in [6.07, 6.45) is 1.27. The quantitative estimate of drug-likeness (QED) is 0.775. The summed E-state index contributed by atoms with van der Waals surface area (Å²) in [5.41, 5.74) is -0.114. The Bertz CT molecular complexity index is 648. The Morgan fingerprint density at radius 3 is 2.38 bits per heavy atom. The van der Waals surface area contributed by atoms with Gasteiger partial charge in [0.15, 0.2) is 0 Å². The minimum atomic E-state index is -3.92. The third kappa shape index (κ3) is 3.61. The van der Waals surface area contributed by atoms with Crippen LogP contribution in [0.2, 0.25) is 0 Å². The molecule has 1 aromatic heterocycles. The maximum Gasteiger partial charge on any atom is 0.352 e. The summed E-state index contributed by atoms with van der Waals surface area (Å²) in [5, 5.41) is 11.5. The molecule has 1 amide bonds. The van der Waals surface area contributed by atoms with Gasteiger partial charge < -0.3 is 15.0 Å². The standard InChI is InChI=1S/C12H19N3O5S/c1-8(2)15-6-9(5-10(15)12(17)18)21(19,20)14(4)7-11(16)13-3/h5-6,8H,7H2,1-4H3,(H,13,16)(H,17,18). The zero-order chi connectivity index (χ0) is 16.4. The summed E-state index contributed by atoms with van der Waals surface area (Å²) < 4.78 is 26.9. The van der Waals surface area contributed by atoms with E-state index in [-0.39, 0.29) is 23.2 Å². The second-order valence-corrected chi connectivity index (χ2v) is 6.85. The Hall–Kier alpha value is -1.87. The third-order valence-corrected chi connectivity index (χ3v) is 4.72. The predicted octanol–water partition coefficient (Wildman–Crippen LogP) is 0.134. The van der Waals surface area contributed by atoms with Crippen molar-refractivity contribution in [2.75, 3.05) is 20.6 Å². The van der Waals surface area contributed by atoms with E-state index in [0.717, 1.165) is 10.4 Å². The molecule has 0 saturated heterocycles. The largest absolute Gasteiger partial charge is 0.477 e. The van der Waals surface area contributed by atoms with Gasteiger partial charge in [-0.25, -0.2) is 13.2 Å². The van der Waals surface area contributed by atoms with Crippen LogP contribution < -0.4 is 5.32 Å². The van der Waals surface area contributed by atoms with Crippen LogP contribution in [0.5, 0.6) is 0 Å². The molecule has 0 unspecified atom stereocenters. The predicted molar refractivity (Wildman–Crippen MR) is 75.7 cm³/mol. The average Bonchev–Trinajstić information content (AvgIpc) is 2.84. The number of likely N-dealkylation sites (N-methyl/N-ethyl adjacent to an activating group) is 2. The first kappa shape index (κ1) is 17.2. The van der Waals surface area contributed by atoms with Gasteiger partial charge in [0.25, 0.3) is 0 Å². The molecule has 9 heteroatoms. The summed E-state index contributed by atoms with van der Waals surface area (Å²) in [6, 6.07) is 0.891. The number of carbonyl (C=O) groups excluding carboxylic acids is 1. The molecule has 0 aromatic carbocycles. The highest BCUT2D eigenvalue weighted by Gasteiger charge is 2.27. The van der Waals surface area contributed by atoms with Crippen LogP contribution in [-0.2, 0) is 14.8 Å². The lowest BCUT2D eigenvalue weighted by Crippen LogP contribution is -2.36. The van der Waals surface area contributed by atoms with Crippen LogP contribution in [0, 0.1) is 0 Å². The van der Waals surface area contributed by atoms with E-state index < -0.39 is 21.9 Å². The number of aromatic carboxylic acids is 1. The lowest BCUT2D eigenvalue weighted by molar-refractivity contribution is -0.120. The Kier molecular flexibility index (Phi) is 5.13. The lowest BCUT2D eigenvalue weighted by Gasteiger charge is -2.15. The summed E-state index contributed by atoms with van der Waals surface area (Å²) in [5.74, 6) is -1.66. The van der Waals surface area contributed by atoms with E-state index in [2.05, 4.69) is 5.32 Å². The van der Waals surface area contributed by atoms with E-state index in [4.69, 9.17) is 5.11 Å². The van der Waals surface area contributed by atoms with Gasteiger partial charge in [-0.05, 0) is 19.9 Å². The molecule has 0 spiro atoms. The number of sulfonamides is 1. The van der Waals surface area contributed by atoms with Crippen molar-refractivity contribution >= 4 is 21.9 Å². The van der Waals surface area contributed by atoms with Gasteiger partial charge in [-0.2, -0.15) is 4.31 Å². The molecule has 0 aliphatic heterocycles. The zero-order valence-corrected chi connectivity index (χ0v) is 13.1. The molecule has 0 bridgehead atoms. The summed E-state index contributed by atoms with van der Waals surface area (Å²) in [6.45, 7) is 3.16. The molecule has 0 aliphatic rings. The summed E-state index contributed by atoms with van der Waals surface area (Å²) in [7, 11) is -1.26. The molecule has 1 heterocycles. The number of carbonyl (C=O) groups is 2. The van der Waals surface area contributed by atoms with E-state index in [1.165, 1.54) is 24.9 Å². The lowest BCUT2D eigenvalue weighted by atomic mass is 10.3. The van der Waals surface area contributed by atoms with Crippen LogP contribution >= 0.6 is 0 Å². The zero-order valence-electron chi connectivity index (χ0n) is 12.3. The van der Waals surface area contributed by atoms with Crippen LogP contribution in [0.4, 0.5) is 0 Å². The number of nitrogens with one attached hydrogen (secondary N) is 1. The van der Waals surface area contributed by atoms with Crippen molar-refractivity contribution in [1.29, 1.82) is 0 Å². The van der Waals surface area contributed by atoms with Crippen molar-refractivity contribution in [1.82, 2.24) is 14.2 Å². The number of carboxylic acids is 1. The van der Waals surface area contributed by atoms with Gasteiger partial charge in [0, 0.05) is 26.3 Å². The van der Waals surface area contributed by atoms with Crippen LogP contribution in [0.3, 0.4) is 0 Å². The molecule has 0 aliphatic carbocycles. The average molecular weight is 317 g/mol. The molecule has 2 N–H and O–H groups in total. The Labute approximate surface area is 123 Å². The minimum Gasteiger partial charge on any atom is -0.477 e. The fourth-order valence-electron chi connectivity index (χ4n) is 1.74. The van der Waals surface area contributed by atoms with E-state index >= 15 is 0 Å². The minimum absolute atomic E-state index is 0.114. The van der Waals surface area contributed by atoms with Gasteiger partial charge in [-0.15, -0.1) is 0 Å². The normalized spacial score (nSPS) is 11.9. The second-order valence-electron chi connectivity index (χ2n) is 4.80. The van der Waals surface area contributed by atoms with Crippen LogP contribution in [-0.4, -0.2) is 54.9 Å². The van der Waals surface area contributed by atoms with Crippen molar-refractivity contribution < 1.29 is 23.1 Å². The number of carboxylic acid groups (broad SMARTS) is 1. The van der Waals surface area contributed by atoms with Crippen molar-refractivity contribution in [3.63, 3.8) is 0 Å². The topological polar surface area (TPSA) is 109 Å².